The topological polar surface area (TPSA) is 112 Å². The van der Waals surface area contributed by atoms with Gasteiger partial charge in [0.25, 0.3) is 5.69 Å². The molecule has 0 unspecified atom stereocenters. The van der Waals surface area contributed by atoms with E-state index in [-0.39, 0.29) is 12.1 Å². The lowest BCUT2D eigenvalue weighted by Gasteiger charge is -2.03. The Morgan fingerprint density at radius 3 is 2.71 bits per heavy atom. The Morgan fingerprint density at radius 1 is 1.53 bits per heavy atom. The van der Waals surface area contributed by atoms with E-state index in [0.717, 1.165) is 0 Å². The molecule has 0 atom stereocenters. The summed E-state index contributed by atoms with van der Waals surface area (Å²) in [4.78, 5) is 20.7. The second kappa shape index (κ2) is 5.11. The zero-order valence-electron chi connectivity index (χ0n) is 9.34. The van der Waals surface area contributed by atoms with Crippen molar-refractivity contribution in [3.8, 4) is 0 Å². The van der Waals surface area contributed by atoms with E-state index in [1.54, 1.807) is 25.1 Å². The minimum Gasteiger partial charge on any atom is -0.398 e. The molecule has 1 amide bonds. The van der Waals surface area contributed by atoms with E-state index in [1.165, 1.54) is 6.07 Å². The Labute approximate surface area is 98.1 Å². The molecule has 0 aliphatic carbocycles. The van der Waals surface area contributed by atoms with Crippen molar-refractivity contribution >= 4 is 23.4 Å². The molecule has 4 N–H and O–H groups in total. The van der Waals surface area contributed by atoms with Gasteiger partial charge in [-0.2, -0.15) is 0 Å². The average molecular weight is 235 g/mol. The molecule has 1 aromatic carbocycles. The molecule has 6 nitrogen and oxygen atoms in total. The van der Waals surface area contributed by atoms with Gasteiger partial charge in [0.05, 0.1) is 4.92 Å². The molecule has 0 saturated carbocycles. The Balaban J connectivity index is 3.03. The number of nitro groups is 1. The van der Waals surface area contributed by atoms with E-state index in [2.05, 4.69) is 0 Å². The smallest absolute Gasteiger partial charge is 0.274 e. The maximum atomic E-state index is 10.7. The first-order valence-electron chi connectivity index (χ1n) is 4.91. The highest BCUT2D eigenvalue weighted by molar-refractivity contribution is 5.77. The number of rotatable bonds is 4. The van der Waals surface area contributed by atoms with Gasteiger partial charge in [0.2, 0.25) is 5.91 Å². The van der Waals surface area contributed by atoms with Crippen LogP contribution < -0.4 is 11.5 Å². The predicted octanol–water partition coefficient (Wildman–Crippen LogP) is 1.37. The van der Waals surface area contributed by atoms with Crippen molar-refractivity contribution in [1.29, 1.82) is 0 Å². The summed E-state index contributed by atoms with van der Waals surface area (Å²) in [5.41, 5.74) is 12.1. The first-order chi connectivity index (χ1) is 7.91. The van der Waals surface area contributed by atoms with Crippen LogP contribution in [0, 0.1) is 17.0 Å². The van der Waals surface area contributed by atoms with Crippen LogP contribution in [0.1, 0.15) is 17.5 Å². The van der Waals surface area contributed by atoms with Gasteiger partial charge in [0.15, 0.2) is 0 Å². The molecule has 0 radical (unpaired) electrons. The number of nitrogens with zero attached hydrogens (tertiary/aromatic N) is 1. The predicted molar refractivity (Wildman–Crippen MR) is 65.1 cm³/mol. The molecule has 1 rings (SSSR count). The van der Waals surface area contributed by atoms with Crippen molar-refractivity contribution < 1.29 is 9.72 Å². The molecule has 0 aliphatic rings. The van der Waals surface area contributed by atoms with Crippen molar-refractivity contribution in [3.63, 3.8) is 0 Å². The van der Waals surface area contributed by atoms with Gasteiger partial charge in [0, 0.05) is 23.7 Å². The largest absolute Gasteiger partial charge is 0.398 e. The highest BCUT2D eigenvalue weighted by Gasteiger charge is 2.12. The van der Waals surface area contributed by atoms with Gasteiger partial charge >= 0.3 is 0 Å². The zero-order chi connectivity index (χ0) is 13.0. The number of amides is 1. The van der Waals surface area contributed by atoms with Crippen LogP contribution in [-0.2, 0) is 4.79 Å². The normalized spacial score (nSPS) is 10.6. The van der Waals surface area contributed by atoms with Crippen LogP contribution in [0.25, 0.3) is 6.08 Å². The number of primary amides is 1. The number of nitro benzene ring substituents is 1. The molecule has 90 valence electrons. The number of hydrogen-bond acceptors (Lipinski definition) is 4. The van der Waals surface area contributed by atoms with Gasteiger partial charge in [-0.15, -0.1) is 0 Å². The van der Waals surface area contributed by atoms with Gasteiger partial charge in [-0.3, -0.25) is 14.9 Å². The molecule has 0 spiro atoms. The maximum Gasteiger partial charge on any atom is 0.274 e. The number of nitrogens with two attached hydrogens (primary N) is 2. The summed E-state index contributed by atoms with van der Waals surface area (Å²) >= 11 is 0. The first kappa shape index (κ1) is 12.7. The minimum absolute atomic E-state index is 0.0189. The summed E-state index contributed by atoms with van der Waals surface area (Å²) in [6.45, 7) is 1.63. The van der Waals surface area contributed by atoms with Gasteiger partial charge in [-0.1, -0.05) is 12.2 Å². The lowest BCUT2D eigenvalue weighted by Crippen LogP contribution is -2.07. The van der Waals surface area contributed by atoms with E-state index in [0.29, 0.717) is 16.8 Å². The van der Waals surface area contributed by atoms with Crippen LogP contribution in [0.3, 0.4) is 0 Å². The van der Waals surface area contributed by atoms with Gasteiger partial charge in [-0.05, 0) is 18.6 Å². The van der Waals surface area contributed by atoms with E-state index < -0.39 is 10.8 Å². The molecule has 6 heteroatoms. The number of benzene rings is 1. The maximum absolute atomic E-state index is 10.7. The van der Waals surface area contributed by atoms with Crippen LogP contribution >= 0.6 is 0 Å². The Hall–Kier alpha value is -2.37. The van der Waals surface area contributed by atoms with Crippen molar-refractivity contribution in [3.05, 3.63) is 39.4 Å². The Morgan fingerprint density at radius 2 is 2.18 bits per heavy atom. The fraction of sp³-hybridized carbons (Fsp3) is 0.182. The number of carbonyl (C=O) groups excluding carboxylic acids is 1. The molecule has 0 aliphatic heterocycles. The highest BCUT2D eigenvalue weighted by atomic mass is 16.6. The van der Waals surface area contributed by atoms with E-state index in [1.807, 2.05) is 0 Å². The standard InChI is InChI=1S/C11H13N3O3/c1-7-5-8(3-2-4-11(13)15)9(12)6-10(7)14(16)17/h2-3,5-6H,4,12H2,1H3,(H2,13,15). The van der Waals surface area contributed by atoms with Crippen molar-refractivity contribution in [1.82, 2.24) is 0 Å². The van der Waals surface area contributed by atoms with E-state index >= 15 is 0 Å². The van der Waals surface area contributed by atoms with Gasteiger partial charge in [-0.25, -0.2) is 0 Å². The van der Waals surface area contributed by atoms with Gasteiger partial charge < -0.3 is 11.5 Å². The third-order valence-electron chi connectivity index (χ3n) is 2.21. The molecule has 0 saturated heterocycles. The second-order valence-electron chi connectivity index (χ2n) is 3.60. The fourth-order valence-electron chi connectivity index (χ4n) is 1.38. The van der Waals surface area contributed by atoms with Crippen LogP contribution in [0.5, 0.6) is 0 Å². The monoisotopic (exact) mass is 235 g/mol. The molecule has 0 fully saturated rings. The molecule has 17 heavy (non-hydrogen) atoms. The lowest BCUT2D eigenvalue weighted by atomic mass is 10.1. The molecule has 1 aromatic rings. The zero-order valence-corrected chi connectivity index (χ0v) is 9.34. The van der Waals surface area contributed by atoms with Crippen molar-refractivity contribution in [2.24, 2.45) is 5.73 Å². The Bertz CT molecular complexity index is 495. The van der Waals surface area contributed by atoms with Gasteiger partial charge in [0.1, 0.15) is 0 Å². The quantitative estimate of drug-likeness (QED) is 0.466. The van der Waals surface area contributed by atoms with Crippen LogP contribution in [0.2, 0.25) is 0 Å². The summed E-state index contributed by atoms with van der Waals surface area (Å²) in [6.07, 6.45) is 3.30. The van der Waals surface area contributed by atoms with Crippen molar-refractivity contribution in [2.45, 2.75) is 13.3 Å². The van der Waals surface area contributed by atoms with Crippen molar-refractivity contribution in [2.75, 3.05) is 5.73 Å². The average Bonchev–Trinajstić information content (AvgIpc) is 2.21. The third-order valence-corrected chi connectivity index (χ3v) is 2.21. The highest BCUT2D eigenvalue weighted by Crippen LogP contribution is 2.25. The van der Waals surface area contributed by atoms with Crippen LogP contribution in [0.4, 0.5) is 11.4 Å². The molecular weight excluding hydrogens is 222 g/mol. The molecule has 0 bridgehead atoms. The number of anilines is 1. The van der Waals surface area contributed by atoms with E-state index in [9.17, 15) is 14.9 Å². The number of nitrogen functional groups attached to an aromatic ring is 1. The third kappa shape index (κ3) is 3.30. The Kier molecular flexibility index (Phi) is 3.82. The second-order valence-corrected chi connectivity index (χ2v) is 3.60. The summed E-state index contributed by atoms with van der Waals surface area (Å²) in [5, 5.41) is 10.7. The molecule has 0 aromatic heterocycles. The van der Waals surface area contributed by atoms with E-state index in [4.69, 9.17) is 11.5 Å². The number of aryl methyl sites for hydroxylation is 1. The number of hydrogen-bond donors (Lipinski definition) is 2. The fourth-order valence-corrected chi connectivity index (χ4v) is 1.38. The lowest BCUT2D eigenvalue weighted by molar-refractivity contribution is -0.385. The SMILES string of the molecule is Cc1cc(C=CCC(N)=O)c(N)cc1[N+](=O)[O-]. The molecule has 0 heterocycles. The molecular formula is C11H13N3O3. The minimum atomic E-state index is -0.484. The van der Waals surface area contributed by atoms with Crippen LogP contribution in [0.15, 0.2) is 18.2 Å². The van der Waals surface area contributed by atoms with Crippen LogP contribution in [-0.4, -0.2) is 10.8 Å². The summed E-state index contributed by atoms with van der Waals surface area (Å²) in [7, 11) is 0. The summed E-state index contributed by atoms with van der Waals surface area (Å²) in [5.74, 6) is -0.446. The number of carbonyl (C=O) groups is 1. The summed E-state index contributed by atoms with van der Waals surface area (Å²) < 4.78 is 0. The first-order valence-corrected chi connectivity index (χ1v) is 4.91. The summed E-state index contributed by atoms with van der Waals surface area (Å²) in [6, 6.07) is 2.91.